The quantitative estimate of drug-likeness (QED) is 0.730. The van der Waals surface area contributed by atoms with Crippen LogP contribution in [0.3, 0.4) is 0 Å². The summed E-state index contributed by atoms with van der Waals surface area (Å²) in [7, 11) is -2.22. The average molecular weight is 458 g/mol. The van der Waals surface area contributed by atoms with Crippen molar-refractivity contribution in [1.29, 1.82) is 0 Å². The number of nitrogens with zero attached hydrogens (tertiary/aromatic N) is 2. The second-order valence-electron chi connectivity index (χ2n) is 8.16. The largest absolute Gasteiger partial charge is 0.495 e. The molecule has 1 saturated carbocycles. The summed E-state index contributed by atoms with van der Waals surface area (Å²) < 4.78 is 30.9. The molecule has 10 heteroatoms. The predicted octanol–water partition coefficient (Wildman–Crippen LogP) is 2.16. The summed E-state index contributed by atoms with van der Waals surface area (Å²) >= 11 is 6.17. The molecule has 8 nitrogen and oxygen atoms in total. The Kier molecular flexibility index (Phi) is 6.64. The van der Waals surface area contributed by atoms with Gasteiger partial charge in [0.15, 0.2) is 0 Å². The molecule has 1 saturated heterocycles. The van der Waals surface area contributed by atoms with E-state index in [2.05, 4.69) is 5.32 Å². The van der Waals surface area contributed by atoms with Crippen LogP contribution in [0.15, 0.2) is 18.2 Å². The zero-order valence-corrected chi connectivity index (χ0v) is 19.1. The van der Waals surface area contributed by atoms with Crippen LogP contribution in [0.5, 0.6) is 5.75 Å². The molecular formula is C20H28ClN3O5S. The van der Waals surface area contributed by atoms with Gasteiger partial charge in [-0.1, -0.05) is 30.9 Å². The van der Waals surface area contributed by atoms with Crippen LogP contribution in [-0.4, -0.2) is 62.6 Å². The molecule has 0 bridgehead atoms. The lowest BCUT2D eigenvalue weighted by Gasteiger charge is -2.47. The van der Waals surface area contributed by atoms with Crippen molar-refractivity contribution in [2.45, 2.75) is 50.6 Å². The Morgan fingerprint density at radius 2 is 1.93 bits per heavy atom. The number of hydrogen-bond acceptors (Lipinski definition) is 5. The lowest BCUT2D eigenvalue weighted by atomic mass is 9.91. The highest BCUT2D eigenvalue weighted by molar-refractivity contribution is 7.88. The molecule has 1 N–H and O–H groups in total. The molecule has 0 aromatic heterocycles. The Bertz CT molecular complexity index is 932. The normalized spacial score (nSPS) is 24.0. The number of ether oxygens (including phenoxy) is 1. The number of anilines is 1. The molecule has 1 aromatic carbocycles. The highest BCUT2D eigenvalue weighted by Crippen LogP contribution is 2.38. The lowest BCUT2D eigenvalue weighted by molar-refractivity contribution is -0.133. The second-order valence-corrected chi connectivity index (χ2v) is 10.6. The minimum Gasteiger partial charge on any atom is -0.495 e. The number of nitrogens with one attached hydrogen (secondary N) is 1. The molecule has 2 fully saturated rings. The van der Waals surface area contributed by atoms with E-state index in [-0.39, 0.29) is 19.1 Å². The van der Waals surface area contributed by atoms with E-state index < -0.39 is 27.4 Å². The summed E-state index contributed by atoms with van der Waals surface area (Å²) in [5.41, 5.74) is -1.13. The van der Waals surface area contributed by atoms with Crippen LogP contribution < -0.4 is 15.0 Å². The number of hydrogen-bond donors (Lipinski definition) is 1. The van der Waals surface area contributed by atoms with Crippen LogP contribution in [-0.2, 0) is 19.6 Å². The van der Waals surface area contributed by atoms with E-state index in [0.29, 0.717) is 16.5 Å². The highest BCUT2D eigenvalue weighted by atomic mass is 35.5. The van der Waals surface area contributed by atoms with E-state index in [1.54, 1.807) is 25.1 Å². The Labute approximate surface area is 182 Å². The van der Waals surface area contributed by atoms with Crippen molar-refractivity contribution >= 4 is 39.1 Å². The molecule has 1 aliphatic carbocycles. The first-order valence-corrected chi connectivity index (χ1v) is 12.2. The van der Waals surface area contributed by atoms with Gasteiger partial charge >= 0.3 is 0 Å². The molecule has 2 amide bonds. The SMILES string of the molecule is COc1ccc(Cl)cc1N1C(=O)CN(S(C)(=O)=O)CC1(C)C(=O)NC1CCCCC1. The third-order valence-corrected chi connectivity index (χ3v) is 7.25. The summed E-state index contributed by atoms with van der Waals surface area (Å²) in [6, 6.07) is 4.81. The first-order valence-electron chi connectivity index (χ1n) is 9.99. The van der Waals surface area contributed by atoms with Gasteiger partial charge in [-0.15, -0.1) is 0 Å². The molecule has 30 heavy (non-hydrogen) atoms. The van der Waals surface area contributed by atoms with Crippen LogP contribution in [0.25, 0.3) is 0 Å². The lowest BCUT2D eigenvalue weighted by Crippen LogP contribution is -2.70. The van der Waals surface area contributed by atoms with E-state index in [1.807, 2.05) is 0 Å². The van der Waals surface area contributed by atoms with Crippen LogP contribution in [0.4, 0.5) is 5.69 Å². The molecule has 2 aliphatic rings. The fraction of sp³-hybridized carbons (Fsp3) is 0.600. The molecular weight excluding hydrogens is 430 g/mol. The van der Waals surface area contributed by atoms with Gasteiger partial charge in [0.05, 0.1) is 25.6 Å². The zero-order valence-electron chi connectivity index (χ0n) is 17.5. The summed E-state index contributed by atoms with van der Waals surface area (Å²) in [5.74, 6) is -0.538. The Morgan fingerprint density at radius 1 is 1.27 bits per heavy atom. The number of methoxy groups -OCH3 is 1. The topological polar surface area (TPSA) is 96.0 Å². The minimum atomic E-state index is -3.68. The fourth-order valence-electron chi connectivity index (χ4n) is 4.20. The molecule has 166 valence electrons. The number of piperazine rings is 1. The first kappa shape index (κ1) is 22.8. The Morgan fingerprint density at radius 3 is 2.53 bits per heavy atom. The van der Waals surface area contributed by atoms with Gasteiger partial charge in [0.2, 0.25) is 21.8 Å². The van der Waals surface area contributed by atoms with Gasteiger partial charge in [-0.25, -0.2) is 8.42 Å². The second kappa shape index (κ2) is 8.72. The van der Waals surface area contributed by atoms with Crippen molar-refractivity contribution in [2.24, 2.45) is 0 Å². The van der Waals surface area contributed by atoms with E-state index in [9.17, 15) is 18.0 Å². The van der Waals surface area contributed by atoms with Gasteiger partial charge < -0.3 is 10.1 Å². The highest BCUT2D eigenvalue weighted by Gasteiger charge is 2.51. The number of halogens is 1. The van der Waals surface area contributed by atoms with Crippen molar-refractivity contribution in [3.05, 3.63) is 23.2 Å². The zero-order chi connectivity index (χ0) is 22.1. The Hall–Kier alpha value is -1.84. The standard InChI is InChI=1S/C20H28ClN3O5S/c1-20(19(26)22-15-7-5-4-6-8-15)13-23(30(3,27)28)12-18(25)24(20)16-11-14(21)9-10-17(16)29-2/h9-11,15H,4-8,12-13H2,1-3H3,(H,22,26). The van der Waals surface area contributed by atoms with E-state index in [1.165, 1.54) is 12.0 Å². The number of carbonyl (C=O) groups is 2. The molecule has 0 spiro atoms. The maximum absolute atomic E-state index is 13.5. The first-order chi connectivity index (χ1) is 14.1. The molecule has 3 rings (SSSR count). The van der Waals surface area contributed by atoms with Crippen LogP contribution in [0.1, 0.15) is 39.0 Å². The number of carbonyl (C=O) groups excluding carboxylic acids is 2. The smallest absolute Gasteiger partial charge is 0.247 e. The number of benzene rings is 1. The van der Waals surface area contributed by atoms with Gasteiger partial charge in [-0.3, -0.25) is 14.5 Å². The van der Waals surface area contributed by atoms with Crippen molar-refractivity contribution in [1.82, 2.24) is 9.62 Å². The molecule has 1 aromatic rings. The molecule has 0 radical (unpaired) electrons. The van der Waals surface area contributed by atoms with Gasteiger partial charge in [0.25, 0.3) is 0 Å². The van der Waals surface area contributed by atoms with Gasteiger partial charge in [0, 0.05) is 17.6 Å². The van der Waals surface area contributed by atoms with Crippen LogP contribution in [0, 0.1) is 0 Å². The summed E-state index contributed by atoms with van der Waals surface area (Å²) in [4.78, 5) is 28.0. The third-order valence-electron chi connectivity index (χ3n) is 5.82. The van der Waals surface area contributed by atoms with E-state index >= 15 is 0 Å². The fourth-order valence-corrected chi connectivity index (χ4v) is 5.20. The molecule has 1 unspecified atom stereocenters. The predicted molar refractivity (Wildman–Crippen MR) is 115 cm³/mol. The van der Waals surface area contributed by atoms with Crippen LogP contribution >= 0.6 is 11.6 Å². The van der Waals surface area contributed by atoms with Crippen LogP contribution in [0.2, 0.25) is 5.02 Å². The maximum Gasteiger partial charge on any atom is 0.247 e. The number of rotatable bonds is 5. The molecule has 1 aliphatic heterocycles. The van der Waals surface area contributed by atoms with Crippen molar-refractivity contribution < 1.29 is 22.7 Å². The average Bonchev–Trinajstić information content (AvgIpc) is 2.67. The van der Waals surface area contributed by atoms with Crippen molar-refractivity contribution in [3.63, 3.8) is 0 Å². The van der Waals surface area contributed by atoms with Crippen molar-refractivity contribution in [2.75, 3.05) is 31.4 Å². The van der Waals surface area contributed by atoms with E-state index in [4.69, 9.17) is 16.3 Å². The van der Waals surface area contributed by atoms with Crippen molar-refractivity contribution in [3.8, 4) is 5.75 Å². The minimum absolute atomic E-state index is 0.00916. The summed E-state index contributed by atoms with van der Waals surface area (Å²) in [6.45, 7) is 1.06. The third kappa shape index (κ3) is 4.58. The maximum atomic E-state index is 13.5. The van der Waals surface area contributed by atoms with Gasteiger partial charge in [-0.05, 0) is 38.0 Å². The summed E-state index contributed by atoms with van der Waals surface area (Å²) in [6.07, 6.45) is 5.97. The van der Waals surface area contributed by atoms with Gasteiger partial charge in [0.1, 0.15) is 11.3 Å². The number of sulfonamides is 1. The van der Waals surface area contributed by atoms with E-state index in [0.717, 1.165) is 42.7 Å². The van der Waals surface area contributed by atoms with Gasteiger partial charge in [-0.2, -0.15) is 4.31 Å². The molecule has 1 atom stereocenters. The molecule has 1 heterocycles. The Balaban J connectivity index is 2.05. The monoisotopic (exact) mass is 457 g/mol. The number of amides is 2. The summed E-state index contributed by atoms with van der Waals surface area (Å²) in [5, 5.41) is 3.42.